The molecular formula is C20H24I2O2. The van der Waals surface area contributed by atoms with Gasteiger partial charge in [-0.25, -0.2) is 0 Å². The van der Waals surface area contributed by atoms with E-state index >= 15 is 0 Å². The molecule has 2 nitrogen and oxygen atoms in total. The summed E-state index contributed by atoms with van der Waals surface area (Å²) in [6.45, 7) is 2.33. The van der Waals surface area contributed by atoms with Gasteiger partial charge in [-0.2, -0.15) is 0 Å². The van der Waals surface area contributed by atoms with Crippen LogP contribution >= 0.6 is 45.2 Å². The number of rotatable bonds is 1. The minimum absolute atomic E-state index is 0.0113. The first-order valence-electron chi connectivity index (χ1n) is 8.91. The highest BCUT2D eigenvalue weighted by Gasteiger charge is 2.60. The highest BCUT2D eigenvalue weighted by Crippen LogP contribution is 2.64. The summed E-state index contributed by atoms with van der Waals surface area (Å²) in [5.74, 6) is 2.31. The Hall–Kier alpha value is 0.180. The normalized spacial score (nSPS) is 41.1. The molecule has 0 saturated heterocycles. The van der Waals surface area contributed by atoms with E-state index in [-0.39, 0.29) is 5.41 Å². The SMILES string of the molecule is C[C@]12CC[C@@H]3c4cc(I)c(O)cc4CC[C@H]3[C@@H]1CC[C@]2(O)/C=C\I. The van der Waals surface area contributed by atoms with Gasteiger partial charge in [-0.3, -0.25) is 0 Å². The Balaban J connectivity index is 1.72. The number of hydrogen-bond acceptors (Lipinski definition) is 2. The summed E-state index contributed by atoms with van der Waals surface area (Å²) in [7, 11) is 0. The van der Waals surface area contributed by atoms with Crippen LogP contribution in [0.5, 0.6) is 5.75 Å². The van der Waals surface area contributed by atoms with Gasteiger partial charge in [0, 0.05) is 5.41 Å². The Bertz CT molecular complexity index is 701. The van der Waals surface area contributed by atoms with Gasteiger partial charge < -0.3 is 10.2 Å². The second-order valence-corrected chi connectivity index (χ2v) is 10.0. The first-order chi connectivity index (χ1) is 11.4. The number of aliphatic hydroxyl groups is 1. The fourth-order valence-corrected chi connectivity index (χ4v) is 7.10. The van der Waals surface area contributed by atoms with E-state index in [1.807, 2.05) is 16.2 Å². The van der Waals surface area contributed by atoms with Crippen molar-refractivity contribution in [2.75, 3.05) is 0 Å². The number of phenols is 1. The van der Waals surface area contributed by atoms with E-state index in [1.54, 1.807) is 0 Å². The average Bonchev–Trinajstić information content (AvgIpc) is 2.81. The van der Waals surface area contributed by atoms with Crippen molar-refractivity contribution in [2.45, 2.75) is 57.0 Å². The number of hydrogen-bond donors (Lipinski definition) is 2. The van der Waals surface area contributed by atoms with Gasteiger partial charge in [0.2, 0.25) is 0 Å². The topological polar surface area (TPSA) is 40.5 Å². The van der Waals surface area contributed by atoms with Crippen LogP contribution in [0.3, 0.4) is 0 Å². The van der Waals surface area contributed by atoms with Gasteiger partial charge in [0.15, 0.2) is 0 Å². The molecule has 0 heterocycles. The van der Waals surface area contributed by atoms with Gasteiger partial charge in [0.1, 0.15) is 5.75 Å². The van der Waals surface area contributed by atoms with Gasteiger partial charge in [-0.15, -0.1) is 0 Å². The van der Waals surface area contributed by atoms with E-state index in [0.717, 1.165) is 35.7 Å². The van der Waals surface area contributed by atoms with Crippen molar-refractivity contribution in [1.29, 1.82) is 0 Å². The van der Waals surface area contributed by atoms with Crippen LogP contribution in [-0.4, -0.2) is 15.8 Å². The molecule has 0 amide bonds. The van der Waals surface area contributed by atoms with E-state index < -0.39 is 5.60 Å². The summed E-state index contributed by atoms with van der Waals surface area (Å²) in [4.78, 5) is 0. The van der Waals surface area contributed by atoms with Crippen molar-refractivity contribution < 1.29 is 10.2 Å². The molecule has 0 aromatic heterocycles. The lowest BCUT2D eigenvalue weighted by atomic mass is 9.53. The molecule has 0 spiro atoms. The van der Waals surface area contributed by atoms with Crippen LogP contribution in [0.15, 0.2) is 22.3 Å². The summed E-state index contributed by atoms with van der Waals surface area (Å²) in [6.07, 6.45) is 8.59. The standard InChI is InChI=1S/C20H24I2O2/c1-19-6-4-13-14(16(19)5-7-20(19,24)8-9-21)3-2-12-10-18(23)17(22)11-15(12)13/h8-11,13-14,16,23-24H,2-7H2,1H3/b9-8-/t13-,14+,16-,19-,20-/m0/s1. The van der Waals surface area contributed by atoms with E-state index in [0.29, 0.717) is 23.5 Å². The predicted octanol–water partition coefficient (Wildman–Crippen LogP) is 5.53. The van der Waals surface area contributed by atoms with Gasteiger partial charge in [0.05, 0.1) is 9.17 Å². The molecule has 2 N–H and O–H groups in total. The van der Waals surface area contributed by atoms with Crippen molar-refractivity contribution >= 4 is 45.2 Å². The summed E-state index contributed by atoms with van der Waals surface area (Å²) < 4.78 is 2.97. The molecule has 1 aromatic rings. The number of aryl methyl sites for hydroxylation is 1. The molecular weight excluding hydrogens is 526 g/mol. The summed E-state index contributed by atoms with van der Waals surface area (Å²) >= 11 is 4.48. The zero-order valence-corrected chi connectivity index (χ0v) is 18.2. The lowest BCUT2D eigenvalue weighted by Gasteiger charge is -2.52. The molecule has 3 aliphatic carbocycles. The smallest absolute Gasteiger partial charge is 0.129 e. The first-order valence-corrected chi connectivity index (χ1v) is 11.2. The van der Waals surface area contributed by atoms with Crippen molar-refractivity contribution in [3.63, 3.8) is 0 Å². The Morgan fingerprint density at radius 3 is 2.75 bits per heavy atom. The Morgan fingerprint density at radius 1 is 1.21 bits per heavy atom. The Morgan fingerprint density at radius 2 is 2.00 bits per heavy atom. The lowest BCUT2D eigenvalue weighted by molar-refractivity contribution is -0.0708. The van der Waals surface area contributed by atoms with Crippen LogP contribution in [0.25, 0.3) is 0 Å². The minimum Gasteiger partial charge on any atom is -0.507 e. The zero-order chi connectivity index (χ0) is 17.1. The summed E-state index contributed by atoms with van der Waals surface area (Å²) in [6, 6.07) is 4.21. The maximum absolute atomic E-state index is 11.3. The van der Waals surface area contributed by atoms with Crippen molar-refractivity contribution in [3.8, 4) is 5.75 Å². The van der Waals surface area contributed by atoms with Crippen LogP contribution in [0.2, 0.25) is 0 Å². The lowest BCUT2D eigenvalue weighted by Crippen LogP contribution is -2.49. The van der Waals surface area contributed by atoms with Crippen LogP contribution in [0.4, 0.5) is 0 Å². The number of aromatic hydroxyl groups is 1. The summed E-state index contributed by atoms with van der Waals surface area (Å²) in [5, 5.41) is 21.3. The number of halogens is 2. The van der Waals surface area contributed by atoms with E-state index in [4.69, 9.17) is 0 Å². The van der Waals surface area contributed by atoms with Crippen molar-refractivity contribution in [1.82, 2.24) is 0 Å². The molecule has 0 aliphatic heterocycles. The third-order valence-corrected chi connectivity index (χ3v) is 8.57. The van der Waals surface area contributed by atoms with E-state index in [2.05, 4.69) is 58.2 Å². The molecule has 4 rings (SSSR count). The number of fused-ring (bicyclic) bond motifs is 5. The molecule has 5 atom stereocenters. The number of phenolic OH excluding ortho intramolecular Hbond substituents is 1. The molecule has 2 saturated carbocycles. The monoisotopic (exact) mass is 550 g/mol. The molecule has 24 heavy (non-hydrogen) atoms. The van der Waals surface area contributed by atoms with Crippen LogP contribution in [-0.2, 0) is 6.42 Å². The zero-order valence-electron chi connectivity index (χ0n) is 13.9. The maximum Gasteiger partial charge on any atom is 0.129 e. The molecule has 2 fully saturated rings. The van der Waals surface area contributed by atoms with Crippen molar-refractivity contribution in [2.24, 2.45) is 17.3 Å². The highest BCUT2D eigenvalue weighted by atomic mass is 127. The fraction of sp³-hybridized carbons (Fsp3) is 0.600. The molecule has 3 aliphatic rings. The quantitative estimate of drug-likeness (QED) is 0.452. The molecule has 0 unspecified atom stereocenters. The predicted molar refractivity (Wildman–Crippen MR) is 114 cm³/mol. The third-order valence-electron chi connectivity index (χ3n) is 7.35. The van der Waals surface area contributed by atoms with Gasteiger partial charge in [0.25, 0.3) is 0 Å². The van der Waals surface area contributed by atoms with E-state index in [1.165, 1.54) is 17.5 Å². The van der Waals surface area contributed by atoms with Crippen LogP contribution in [0, 0.1) is 20.8 Å². The van der Waals surface area contributed by atoms with Crippen LogP contribution in [0.1, 0.15) is 56.1 Å². The van der Waals surface area contributed by atoms with Gasteiger partial charge >= 0.3 is 0 Å². The minimum atomic E-state index is -0.631. The first kappa shape index (κ1) is 17.6. The highest BCUT2D eigenvalue weighted by molar-refractivity contribution is 14.1. The average molecular weight is 550 g/mol. The third kappa shape index (κ3) is 2.42. The maximum atomic E-state index is 11.3. The molecule has 0 bridgehead atoms. The molecule has 4 heteroatoms. The molecule has 130 valence electrons. The largest absolute Gasteiger partial charge is 0.507 e. The van der Waals surface area contributed by atoms with Gasteiger partial charge in [-0.1, -0.05) is 29.5 Å². The second kappa shape index (κ2) is 6.12. The van der Waals surface area contributed by atoms with Gasteiger partial charge in [-0.05, 0) is 112 Å². The van der Waals surface area contributed by atoms with Crippen molar-refractivity contribution in [3.05, 3.63) is 37.0 Å². The summed E-state index contributed by atoms with van der Waals surface area (Å²) in [5.41, 5.74) is 2.19. The van der Waals surface area contributed by atoms with E-state index in [9.17, 15) is 10.2 Å². The second-order valence-electron chi connectivity index (χ2n) is 8.13. The Kier molecular flexibility index (Phi) is 4.48. The molecule has 1 aromatic carbocycles. The number of benzene rings is 1. The molecule has 0 radical (unpaired) electrons. The fourth-order valence-electron chi connectivity index (χ4n) is 6.01. The van der Waals surface area contributed by atoms with Crippen LogP contribution < -0.4 is 0 Å². The Labute approximate surface area is 171 Å².